The van der Waals surface area contributed by atoms with Crippen LogP contribution in [0.1, 0.15) is 34.1 Å². The van der Waals surface area contributed by atoms with Gasteiger partial charge in [-0.3, -0.25) is 0 Å². The summed E-state index contributed by atoms with van der Waals surface area (Å²) in [5.74, 6) is 2.25. The summed E-state index contributed by atoms with van der Waals surface area (Å²) >= 11 is 5.38. The van der Waals surface area contributed by atoms with E-state index in [9.17, 15) is 0 Å². The Bertz CT molecular complexity index is 138. The van der Waals surface area contributed by atoms with Crippen molar-refractivity contribution in [3.05, 3.63) is 23.8 Å². The fourth-order valence-electron chi connectivity index (χ4n) is 0.246. The highest BCUT2D eigenvalue weighted by Gasteiger charge is 1.70. The van der Waals surface area contributed by atoms with Crippen LogP contribution in [-0.4, -0.2) is 0 Å². The molecule has 0 aliphatic carbocycles. The Kier molecular flexibility index (Phi) is 32.6. The summed E-state index contributed by atoms with van der Waals surface area (Å²) in [4.78, 5) is 0. The van der Waals surface area contributed by atoms with Gasteiger partial charge in [-0.1, -0.05) is 45.0 Å². The van der Waals surface area contributed by atoms with E-state index in [1.54, 1.807) is 13.0 Å². The molecule has 0 bridgehead atoms. The molecule has 0 radical (unpaired) electrons. The Labute approximate surface area is 82.3 Å². The maximum absolute atomic E-state index is 5.38. The summed E-state index contributed by atoms with van der Waals surface area (Å²) < 4.78 is 0. The Balaban J connectivity index is -0.000000137. The first-order valence-corrected chi connectivity index (χ1v) is 4.45. The van der Waals surface area contributed by atoms with Crippen LogP contribution < -0.4 is 0 Å². The van der Waals surface area contributed by atoms with E-state index in [-0.39, 0.29) is 0 Å². The van der Waals surface area contributed by atoms with E-state index in [1.165, 1.54) is 0 Å². The molecule has 0 aliphatic heterocycles. The highest BCUT2D eigenvalue weighted by Crippen LogP contribution is 1.97. The smallest absolute Gasteiger partial charge is 0.0331 e. The topological polar surface area (TPSA) is 0 Å². The van der Waals surface area contributed by atoms with Crippen molar-refractivity contribution in [3.8, 4) is 12.3 Å². The van der Waals surface area contributed by atoms with Crippen molar-refractivity contribution < 1.29 is 0 Å². The molecule has 0 aliphatic rings. The Morgan fingerprint density at radius 2 is 1.92 bits per heavy atom. The molecule has 0 rings (SSSR count). The van der Waals surface area contributed by atoms with Gasteiger partial charge in [0.1, 0.15) is 0 Å². The number of terminal acetylenes is 1. The second-order valence-corrected chi connectivity index (χ2v) is 2.03. The summed E-state index contributed by atoms with van der Waals surface area (Å²) in [6, 6.07) is 0. The van der Waals surface area contributed by atoms with Gasteiger partial charge in [0, 0.05) is 5.03 Å². The second-order valence-electron chi connectivity index (χ2n) is 1.55. The van der Waals surface area contributed by atoms with E-state index < -0.39 is 0 Å². The molecule has 0 saturated heterocycles. The number of hydrogen-bond acceptors (Lipinski definition) is 0. The minimum atomic E-state index is 0.599. The van der Waals surface area contributed by atoms with Crippen LogP contribution in [0.4, 0.5) is 0 Å². The van der Waals surface area contributed by atoms with Gasteiger partial charge in [0.2, 0.25) is 0 Å². The van der Waals surface area contributed by atoms with Crippen LogP contribution in [0.3, 0.4) is 0 Å². The minimum Gasteiger partial charge on any atom is -0.120 e. The Morgan fingerprint density at radius 3 is 2.00 bits per heavy atom. The minimum absolute atomic E-state index is 0.599. The van der Waals surface area contributed by atoms with Gasteiger partial charge in [-0.15, -0.1) is 12.3 Å². The molecule has 0 atom stereocenters. The largest absolute Gasteiger partial charge is 0.120 e. The van der Waals surface area contributed by atoms with Crippen LogP contribution in [0.25, 0.3) is 0 Å². The van der Waals surface area contributed by atoms with Gasteiger partial charge in [0.05, 0.1) is 0 Å². The lowest BCUT2D eigenvalue weighted by molar-refractivity contribution is 1.22. The molecule has 0 aromatic heterocycles. The first kappa shape index (κ1) is 17.4. The molecule has 70 valence electrons. The lowest BCUT2D eigenvalue weighted by atomic mass is 10.4. The van der Waals surface area contributed by atoms with Gasteiger partial charge in [-0.25, -0.2) is 0 Å². The van der Waals surface area contributed by atoms with Gasteiger partial charge in [-0.2, -0.15) is 0 Å². The normalized spacial score (nSPS) is 7.00. The van der Waals surface area contributed by atoms with Gasteiger partial charge in [0.25, 0.3) is 0 Å². The Morgan fingerprint density at radius 1 is 1.58 bits per heavy atom. The molecule has 0 amide bonds. The van der Waals surface area contributed by atoms with Crippen molar-refractivity contribution in [2.75, 3.05) is 0 Å². The van der Waals surface area contributed by atoms with E-state index in [0.717, 1.165) is 6.42 Å². The molecule has 0 heterocycles. The molecule has 0 unspecified atom stereocenters. The molecule has 0 N–H and O–H groups in total. The first-order valence-electron chi connectivity index (χ1n) is 4.07. The predicted octanol–water partition coefficient (Wildman–Crippen LogP) is 4.37. The van der Waals surface area contributed by atoms with Crippen molar-refractivity contribution >= 4 is 11.6 Å². The standard InChI is InChI=1S/C6H9Cl.C3H4.C2H6/c1-3-4-5-6(2)7;1-3-2;1-2/h4-5H,2-3H2,1H3;1H,2H3;1-2H3/b5-4-;;. The van der Waals surface area contributed by atoms with E-state index in [4.69, 9.17) is 11.6 Å². The van der Waals surface area contributed by atoms with Crippen LogP contribution in [-0.2, 0) is 0 Å². The number of allylic oxidation sites excluding steroid dienone is 3. The zero-order valence-electron chi connectivity index (χ0n) is 8.52. The van der Waals surface area contributed by atoms with Crippen LogP contribution in [0.5, 0.6) is 0 Å². The lowest BCUT2D eigenvalue weighted by Crippen LogP contribution is -1.54. The van der Waals surface area contributed by atoms with E-state index >= 15 is 0 Å². The fourth-order valence-corrected chi connectivity index (χ4v) is 0.335. The summed E-state index contributed by atoms with van der Waals surface area (Å²) in [7, 11) is 0. The SMILES string of the molecule is C#CC.C=C(Cl)/C=C\CC.CC. The van der Waals surface area contributed by atoms with Crippen LogP contribution in [0, 0.1) is 12.3 Å². The summed E-state index contributed by atoms with van der Waals surface area (Å²) in [5.41, 5.74) is 0. The average molecular weight is 187 g/mol. The molecule has 0 aromatic rings. The van der Waals surface area contributed by atoms with Gasteiger partial charge in [-0.05, 0) is 19.4 Å². The summed E-state index contributed by atoms with van der Waals surface area (Å²) in [6.07, 6.45) is 9.38. The van der Waals surface area contributed by atoms with Gasteiger partial charge in [0.15, 0.2) is 0 Å². The molecule has 0 aromatic carbocycles. The molecule has 0 saturated carbocycles. The summed E-state index contributed by atoms with van der Waals surface area (Å²) in [5, 5.41) is 0.599. The van der Waals surface area contributed by atoms with Crippen molar-refractivity contribution in [2.24, 2.45) is 0 Å². The van der Waals surface area contributed by atoms with E-state index in [2.05, 4.69) is 25.8 Å². The Hall–Kier alpha value is -0.670. The molecule has 12 heavy (non-hydrogen) atoms. The quantitative estimate of drug-likeness (QED) is 0.444. The monoisotopic (exact) mass is 186 g/mol. The number of halogens is 1. The maximum Gasteiger partial charge on any atom is 0.0331 e. The van der Waals surface area contributed by atoms with Crippen LogP contribution in [0.15, 0.2) is 23.8 Å². The van der Waals surface area contributed by atoms with Gasteiger partial charge < -0.3 is 0 Å². The maximum atomic E-state index is 5.38. The van der Waals surface area contributed by atoms with Crippen LogP contribution >= 0.6 is 11.6 Å². The van der Waals surface area contributed by atoms with Crippen molar-refractivity contribution in [2.45, 2.75) is 34.1 Å². The third kappa shape index (κ3) is 58.4. The number of rotatable bonds is 2. The molecular formula is C11H19Cl. The third-order valence-electron chi connectivity index (χ3n) is 0.534. The van der Waals surface area contributed by atoms with Crippen molar-refractivity contribution in [1.29, 1.82) is 0 Å². The lowest BCUT2D eigenvalue weighted by Gasteiger charge is -1.77. The molecular weight excluding hydrogens is 168 g/mol. The zero-order chi connectivity index (χ0) is 10.4. The fraction of sp³-hybridized carbons (Fsp3) is 0.455. The van der Waals surface area contributed by atoms with Crippen molar-refractivity contribution in [3.63, 3.8) is 0 Å². The zero-order valence-corrected chi connectivity index (χ0v) is 9.28. The highest BCUT2D eigenvalue weighted by molar-refractivity contribution is 6.30. The van der Waals surface area contributed by atoms with Gasteiger partial charge >= 0.3 is 0 Å². The third-order valence-corrected chi connectivity index (χ3v) is 0.660. The summed E-state index contributed by atoms with van der Waals surface area (Å²) in [6.45, 7) is 11.2. The average Bonchev–Trinajstić information content (AvgIpc) is 2.06. The highest BCUT2D eigenvalue weighted by atomic mass is 35.5. The molecule has 0 spiro atoms. The van der Waals surface area contributed by atoms with E-state index in [0.29, 0.717) is 5.03 Å². The van der Waals surface area contributed by atoms with Crippen molar-refractivity contribution in [1.82, 2.24) is 0 Å². The van der Waals surface area contributed by atoms with E-state index in [1.807, 2.05) is 19.9 Å². The first-order chi connectivity index (χ1) is 5.68. The predicted molar refractivity (Wildman–Crippen MR) is 60.3 cm³/mol. The molecule has 1 heteroatoms. The molecule has 0 nitrogen and oxygen atoms in total. The number of hydrogen-bond donors (Lipinski definition) is 0. The molecule has 0 fully saturated rings. The second kappa shape index (κ2) is 22.4. The van der Waals surface area contributed by atoms with Crippen LogP contribution in [0.2, 0.25) is 0 Å².